The molecule has 0 bridgehead atoms. The lowest BCUT2D eigenvalue weighted by molar-refractivity contribution is -0.119. The quantitative estimate of drug-likeness (QED) is 0.525. The molecule has 0 spiro atoms. The van der Waals surface area contributed by atoms with Gasteiger partial charge < -0.3 is 16.8 Å². The molecule has 5 N–H and O–H groups in total. The molecule has 0 aromatic carbocycles. The molecule has 1 aliphatic carbocycles. The van der Waals surface area contributed by atoms with E-state index in [9.17, 15) is 4.79 Å². The zero-order valence-corrected chi connectivity index (χ0v) is 7.25. The first-order chi connectivity index (χ1) is 5.70. The molecule has 0 aliphatic heterocycles. The molecule has 1 aliphatic rings. The second-order valence-electron chi connectivity index (χ2n) is 3.40. The van der Waals surface area contributed by atoms with Crippen LogP contribution in [0.15, 0.2) is 0 Å². The van der Waals surface area contributed by atoms with E-state index in [4.69, 9.17) is 11.5 Å². The number of rotatable bonds is 4. The normalized spacial score (nSPS) is 21.1. The van der Waals surface area contributed by atoms with Crippen molar-refractivity contribution in [2.45, 2.75) is 37.8 Å². The van der Waals surface area contributed by atoms with Gasteiger partial charge >= 0.3 is 0 Å². The third kappa shape index (κ3) is 2.79. The Balaban J connectivity index is 2.11. The Labute approximate surface area is 72.7 Å². The Kier molecular flexibility index (Phi) is 3.49. The molecule has 0 heterocycles. The number of hydrogen-bond acceptors (Lipinski definition) is 3. The molecule has 0 aromatic rings. The van der Waals surface area contributed by atoms with E-state index in [1.54, 1.807) is 0 Å². The highest BCUT2D eigenvalue weighted by Crippen LogP contribution is 2.17. The molecule has 1 atom stereocenters. The summed E-state index contributed by atoms with van der Waals surface area (Å²) in [4.78, 5) is 10.6. The summed E-state index contributed by atoms with van der Waals surface area (Å²) in [5.74, 6) is -0.430. The van der Waals surface area contributed by atoms with Crippen LogP contribution < -0.4 is 16.8 Å². The summed E-state index contributed by atoms with van der Waals surface area (Å²) in [5, 5.41) is 3.24. The van der Waals surface area contributed by atoms with Crippen molar-refractivity contribution in [3.8, 4) is 0 Å². The van der Waals surface area contributed by atoms with Crippen LogP contribution in [0.5, 0.6) is 0 Å². The molecule has 4 nitrogen and oxygen atoms in total. The fraction of sp³-hybridized carbons (Fsp3) is 0.875. The highest BCUT2D eigenvalue weighted by Gasteiger charge is 2.16. The summed E-state index contributed by atoms with van der Waals surface area (Å²) in [6.07, 6.45) is 4.96. The van der Waals surface area contributed by atoms with Gasteiger partial charge in [-0.25, -0.2) is 0 Å². The molecule has 70 valence electrons. The number of hydrogen-bond donors (Lipinski definition) is 3. The minimum absolute atomic E-state index is 0.430. The number of nitrogens with two attached hydrogens (primary N) is 2. The van der Waals surface area contributed by atoms with Crippen LogP contribution in [0, 0.1) is 0 Å². The van der Waals surface area contributed by atoms with E-state index >= 15 is 0 Å². The Bertz CT molecular complexity index is 154. The summed E-state index contributed by atoms with van der Waals surface area (Å²) in [5.41, 5.74) is 10.5. The molecule has 1 rings (SSSR count). The van der Waals surface area contributed by atoms with Crippen LogP contribution in [-0.4, -0.2) is 24.5 Å². The maximum absolute atomic E-state index is 10.6. The second kappa shape index (κ2) is 4.42. The number of nitrogens with one attached hydrogen (secondary N) is 1. The minimum Gasteiger partial charge on any atom is -0.368 e. The Morgan fingerprint density at radius 1 is 1.50 bits per heavy atom. The van der Waals surface area contributed by atoms with Gasteiger partial charge in [0.25, 0.3) is 0 Å². The first-order valence-electron chi connectivity index (χ1n) is 4.48. The van der Waals surface area contributed by atoms with E-state index < -0.39 is 11.9 Å². The maximum Gasteiger partial charge on any atom is 0.235 e. The van der Waals surface area contributed by atoms with Crippen molar-refractivity contribution in [3.63, 3.8) is 0 Å². The lowest BCUT2D eigenvalue weighted by Gasteiger charge is -2.14. The molecule has 12 heavy (non-hydrogen) atoms. The SMILES string of the molecule is NC(=O)C(N)CNC1CCCC1. The zero-order chi connectivity index (χ0) is 8.97. The molecular weight excluding hydrogens is 154 g/mol. The van der Waals surface area contributed by atoms with Crippen LogP contribution in [0.3, 0.4) is 0 Å². The van der Waals surface area contributed by atoms with Crippen LogP contribution in [0.25, 0.3) is 0 Å². The fourth-order valence-corrected chi connectivity index (χ4v) is 1.52. The van der Waals surface area contributed by atoms with Crippen molar-refractivity contribution in [1.29, 1.82) is 0 Å². The van der Waals surface area contributed by atoms with E-state index in [2.05, 4.69) is 5.32 Å². The van der Waals surface area contributed by atoms with Crippen molar-refractivity contribution in [3.05, 3.63) is 0 Å². The number of amides is 1. The van der Waals surface area contributed by atoms with Gasteiger partial charge in [-0.2, -0.15) is 0 Å². The molecule has 0 saturated heterocycles. The first kappa shape index (κ1) is 9.48. The van der Waals surface area contributed by atoms with E-state index in [1.165, 1.54) is 25.7 Å². The van der Waals surface area contributed by atoms with Crippen molar-refractivity contribution in [2.75, 3.05) is 6.54 Å². The predicted octanol–water partition coefficient (Wildman–Crippen LogP) is -0.669. The highest BCUT2D eigenvalue weighted by molar-refractivity contribution is 5.79. The second-order valence-corrected chi connectivity index (χ2v) is 3.40. The standard InChI is InChI=1S/C8H17N3O/c9-7(8(10)12)5-11-6-3-1-2-4-6/h6-7,11H,1-5,9H2,(H2,10,12). The Morgan fingerprint density at radius 2 is 2.08 bits per heavy atom. The average Bonchev–Trinajstić information content (AvgIpc) is 2.51. The summed E-state index contributed by atoms with van der Waals surface area (Å²) in [7, 11) is 0. The maximum atomic E-state index is 10.6. The van der Waals surface area contributed by atoms with Crippen LogP contribution in [0.4, 0.5) is 0 Å². The van der Waals surface area contributed by atoms with Gasteiger partial charge in [-0.15, -0.1) is 0 Å². The van der Waals surface area contributed by atoms with Crippen LogP contribution in [-0.2, 0) is 4.79 Å². The third-order valence-electron chi connectivity index (χ3n) is 2.35. The topological polar surface area (TPSA) is 81.1 Å². The molecule has 1 fully saturated rings. The van der Waals surface area contributed by atoms with Gasteiger partial charge in [0.2, 0.25) is 5.91 Å². The van der Waals surface area contributed by atoms with Gasteiger partial charge in [0.05, 0.1) is 6.04 Å². The molecule has 4 heteroatoms. The van der Waals surface area contributed by atoms with Gasteiger partial charge in [0.15, 0.2) is 0 Å². The smallest absolute Gasteiger partial charge is 0.235 e. The third-order valence-corrected chi connectivity index (χ3v) is 2.35. The van der Waals surface area contributed by atoms with Crippen LogP contribution in [0.1, 0.15) is 25.7 Å². The minimum atomic E-state index is -0.536. The van der Waals surface area contributed by atoms with Gasteiger partial charge in [0.1, 0.15) is 0 Å². The number of primary amides is 1. The molecule has 1 amide bonds. The fourth-order valence-electron chi connectivity index (χ4n) is 1.52. The molecular formula is C8H17N3O. The van der Waals surface area contributed by atoms with Crippen LogP contribution in [0.2, 0.25) is 0 Å². The van der Waals surface area contributed by atoms with Crippen molar-refractivity contribution in [1.82, 2.24) is 5.32 Å². The van der Waals surface area contributed by atoms with Gasteiger partial charge in [-0.05, 0) is 12.8 Å². The summed E-state index contributed by atoms with van der Waals surface area (Å²) in [6.45, 7) is 0.514. The Hall–Kier alpha value is -0.610. The van der Waals surface area contributed by atoms with Crippen molar-refractivity contribution >= 4 is 5.91 Å². The number of carbonyl (C=O) groups excluding carboxylic acids is 1. The van der Waals surface area contributed by atoms with E-state index in [-0.39, 0.29) is 0 Å². The van der Waals surface area contributed by atoms with E-state index in [0.717, 1.165) is 0 Å². The lowest BCUT2D eigenvalue weighted by Crippen LogP contribution is -2.46. The zero-order valence-electron chi connectivity index (χ0n) is 7.25. The molecule has 0 aromatic heterocycles. The number of carbonyl (C=O) groups is 1. The van der Waals surface area contributed by atoms with Gasteiger partial charge in [0, 0.05) is 12.6 Å². The van der Waals surface area contributed by atoms with E-state index in [1.807, 2.05) is 0 Å². The summed E-state index contributed by atoms with van der Waals surface area (Å²) >= 11 is 0. The monoisotopic (exact) mass is 171 g/mol. The molecule has 1 saturated carbocycles. The average molecular weight is 171 g/mol. The van der Waals surface area contributed by atoms with Crippen molar-refractivity contribution < 1.29 is 4.79 Å². The largest absolute Gasteiger partial charge is 0.368 e. The Morgan fingerprint density at radius 3 is 2.58 bits per heavy atom. The summed E-state index contributed by atoms with van der Waals surface area (Å²) < 4.78 is 0. The molecule has 1 unspecified atom stereocenters. The molecule has 0 radical (unpaired) electrons. The van der Waals surface area contributed by atoms with Crippen LogP contribution >= 0.6 is 0 Å². The predicted molar refractivity (Wildman–Crippen MR) is 47.4 cm³/mol. The van der Waals surface area contributed by atoms with Crippen molar-refractivity contribution in [2.24, 2.45) is 11.5 Å². The first-order valence-corrected chi connectivity index (χ1v) is 4.48. The highest BCUT2D eigenvalue weighted by atomic mass is 16.1. The van der Waals surface area contributed by atoms with Gasteiger partial charge in [-0.1, -0.05) is 12.8 Å². The van der Waals surface area contributed by atoms with E-state index in [0.29, 0.717) is 12.6 Å². The lowest BCUT2D eigenvalue weighted by atomic mass is 10.2. The van der Waals surface area contributed by atoms with Gasteiger partial charge in [-0.3, -0.25) is 4.79 Å². The summed E-state index contributed by atoms with van der Waals surface area (Å²) in [6, 6.07) is 0.0148.